The van der Waals surface area contributed by atoms with Crippen molar-refractivity contribution in [3.8, 4) is 0 Å². The summed E-state index contributed by atoms with van der Waals surface area (Å²) in [6.45, 7) is 0.123. The molecule has 2 heterocycles. The van der Waals surface area contributed by atoms with Crippen LogP contribution in [0.4, 0.5) is 5.82 Å². The Morgan fingerprint density at radius 3 is 2.78 bits per heavy atom. The summed E-state index contributed by atoms with van der Waals surface area (Å²) < 4.78 is 31.7. The largest absolute Gasteiger partial charge is 0.452 e. The lowest BCUT2D eigenvalue weighted by Gasteiger charge is -2.04. The summed E-state index contributed by atoms with van der Waals surface area (Å²) in [6.07, 6.45) is 1.49. The van der Waals surface area contributed by atoms with Gasteiger partial charge in [-0.25, -0.2) is 13.4 Å². The highest BCUT2D eigenvalue weighted by Gasteiger charge is 2.22. The Morgan fingerprint density at radius 1 is 1.44 bits per heavy atom. The number of nitrogens with two attached hydrogens (primary N) is 1. The molecule has 6 nitrogen and oxygen atoms in total. The molecule has 8 heteroatoms. The van der Waals surface area contributed by atoms with Crippen molar-refractivity contribution in [2.75, 3.05) is 4.72 Å². The number of anilines is 1. The predicted octanol–water partition coefficient (Wildman–Crippen LogP) is 1.70. The number of aromatic nitrogens is 1. The Balaban J connectivity index is 2.34. The van der Waals surface area contributed by atoms with Gasteiger partial charge >= 0.3 is 0 Å². The van der Waals surface area contributed by atoms with Crippen LogP contribution in [-0.4, -0.2) is 13.4 Å². The van der Waals surface area contributed by atoms with E-state index in [2.05, 4.69) is 25.6 Å². The number of halogens is 1. The molecule has 18 heavy (non-hydrogen) atoms. The molecule has 0 amide bonds. The number of nitrogens with zero attached hydrogens (tertiary/aromatic N) is 1. The van der Waals surface area contributed by atoms with Gasteiger partial charge in [0, 0.05) is 12.3 Å². The quantitative estimate of drug-likeness (QED) is 0.888. The van der Waals surface area contributed by atoms with E-state index in [4.69, 9.17) is 10.2 Å². The molecule has 0 radical (unpaired) electrons. The van der Waals surface area contributed by atoms with Crippen LogP contribution in [-0.2, 0) is 16.6 Å². The van der Waals surface area contributed by atoms with Gasteiger partial charge < -0.3 is 10.2 Å². The van der Waals surface area contributed by atoms with E-state index in [9.17, 15) is 8.42 Å². The number of rotatable bonds is 4. The van der Waals surface area contributed by atoms with E-state index in [0.717, 1.165) is 0 Å². The lowest BCUT2D eigenvalue weighted by atomic mass is 10.5. The van der Waals surface area contributed by atoms with Crippen molar-refractivity contribution in [2.24, 2.45) is 5.73 Å². The van der Waals surface area contributed by atoms with Gasteiger partial charge in [-0.05, 0) is 28.1 Å². The van der Waals surface area contributed by atoms with E-state index in [1.165, 1.54) is 12.3 Å². The molecule has 0 aliphatic heterocycles. The Hall–Kier alpha value is -1.38. The number of hydrogen-bond acceptors (Lipinski definition) is 5. The fraction of sp³-hybridized carbons (Fsp3) is 0.100. The fourth-order valence-electron chi connectivity index (χ4n) is 1.30. The first-order valence-corrected chi connectivity index (χ1v) is 7.22. The van der Waals surface area contributed by atoms with Crippen molar-refractivity contribution >= 4 is 31.8 Å². The third-order valence-electron chi connectivity index (χ3n) is 2.10. The maximum absolute atomic E-state index is 12.1. The third-order valence-corrected chi connectivity index (χ3v) is 4.31. The zero-order chi connectivity index (χ0) is 13.2. The first kappa shape index (κ1) is 13.1. The van der Waals surface area contributed by atoms with E-state index >= 15 is 0 Å². The minimum absolute atomic E-state index is 0.00592. The Labute approximate surface area is 112 Å². The lowest BCUT2D eigenvalue weighted by molar-refractivity contribution is 0.484. The Bertz CT molecular complexity index is 640. The number of pyridine rings is 1. The van der Waals surface area contributed by atoms with Gasteiger partial charge in [-0.3, -0.25) is 4.72 Å². The summed E-state index contributed by atoms with van der Waals surface area (Å²) in [5.74, 6) is 0.614. The van der Waals surface area contributed by atoms with Crippen LogP contribution < -0.4 is 10.5 Å². The summed E-state index contributed by atoms with van der Waals surface area (Å²) >= 11 is 3.05. The van der Waals surface area contributed by atoms with E-state index in [0.29, 0.717) is 5.76 Å². The molecule has 0 bridgehead atoms. The van der Waals surface area contributed by atoms with Crippen molar-refractivity contribution in [1.82, 2.24) is 4.98 Å². The molecule has 0 aliphatic carbocycles. The topological polar surface area (TPSA) is 98.2 Å². The Morgan fingerprint density at radius 2 is 2.22 bits per heavy atom. The fourth-order valence-corrected chi connectivity index (χ4v) is 3.30. The van der Waals surface area contributed by atoms with Gasteiger partial charge in [-0.15, -0.1) is 0 Å². The SMILES string of the molecule is NCc1cc(S(=O)(=O)Nc2ccccn2)c(Br)o1. The average Bonchev–Trinajstić information content (AvgIpc) is 2.72. The van der Waals surface area contributed by atoms with E-state index in [1.807, 2.05) is 0 Å². The maximum Gasteiger partial charge on any atom is 0.267 e. The molecule has 0 spiro atoms. The van der Waals surface area contributed by atoms with Crippen LogP contribution in [0.1, 0.15) is 5.76 Å². The smallest absolute Gasteiger partial charge is 0.267 e. The minimum Gasteiger partial charge on any atom is -0.452 e. The molecule has 0 atom stereocenters. The molecule has 2 aromatic heterocycles. The number of furan rings is 1. The molecule has 0 saturated heterocycles. The van der Waals surface area contributed by atoms with E-state index in [-0.39, 0.29) is 21.9 Å². The zero-order valence-corrected chi connectivity index (χ0v) is 11.5. The summed E-state index contributed by atoms with van der Waals surface area (Å²) in [7, 11) is -3.74. The second kappa shape index (κ2) is 5.09. The van der Waals surface area contributed by atoms with Crippen LogP contribution in [0.25, 0.3) is 0 Å². The van der Waals surface area contributed by atoms with Crippen molar-refractivity contribution in [3.63, 3.8) is 0 Å². The van der Waals surface area contributed by atoms with Gasteiger partial charge in [-0.1, -0.05) is 6.07 Å². The summed E-state index contributed by atoms with van der Waals surface area (Å²) in [4.78, 5) is 3.88. The van der Waals surface area contributed by atoms with Crippen LogP contribution in [0.3, 0.4) is 0 Å². The molecular weight excluding hydrogens is 322 g/mol. The van der Waals surface area contributed by atoms with Crippen LogP contribution in [0.5, 0.6) is 0 Å². The number of sulfonamides is 1. The Kier molecular flexibility index (Phi) is 3.69. The first-order valence-electron chi connectivity index (χ1n) is 4.95. The highest BCUT2D eigenvalue weighted by Crippen LogP contribution is 2.27. The second-order valence-electron chi connectivity index (χ2n) is 3.38. The molecule has 2 rings (SSSR count). The highest BCUT2D eigenvalue weighted by molar-refractivity contribution is 9.10. The van der Waals surface area contributed by atoms with Gasteiger partial charge in [0.05, 0.1) is 6.54 Å². The molecule has 2 aromatic rings. The molecule has 0 fully saturated rings. The maximum atomic E-state index is 12.1. The van der Waals surface area contributed by atoms with Crippen molar-refractivity contribution < 1.29 is 12.8 Å². The van der Waals surface area contributed by atoms with Crippen LogP contribution in [0.15, 0.2) is 44.4 Å². The summed E-state index contributed by atoms with van der Waals surface area (Å²) in [5, 5.41) is 0. The third kappa shape index (κ3) is 2.71. The molecule has 96 valence electrons. The van der Waals surface area contributed by atoms with Gasteiger partial charge in [-0.2, -0.15) is 0 Å². The predicted molar refractivity (Wildman–Crippen MR) is 69.3 cm³/mol. The van der Waals surface area contributed by atoms with Crippen molar-refractivity contribution in [2.45, 2.75) is 11.4 Å². The van der Waals surface area contributed by atoms with Crippen molar-refractivity contribution in [1.29, 1.82) is 0 Å². The molecular formula is C10H10BrN3O3S. The van der Waals surface area contributed by atoms with Crippen LogP contribution in [0.2, 0.25) is 0 Å². The van der Waals surface area contributed by atoms with Crippen LogP contribution >= 0.6 is 15.9 Å². The molecule has 0 aromatic carbocycles. The van der Waals surface area contributed by atoms with Crippen molar-refractivity contribution in [3.05, 3.63) is 40.9 Å². The summed E-state index contributed by atoms with van der Waals surface area (Å²) in [6, 6.07) is 6.30. The van der Waals surface area contributed by atoms with Gasteiger partial charge in [0.1, 0.15) is 16.5 Å². The molecule has 3 N–H and O–H groups in total. The van der Waals surface area contributed by atoms with Gasteiger partial charge in [0.2, 0.25) is 0 Å². The average molecular weight is 332 g/mol. The zero-order valence-electron chi connectivity index (χ0n) is 9.13. The standard InChI is InChI=1S/C10H10BrN3O3S/c11-10-8(5-7(6-12)17-10)18(15,16)14-9-3-1-2-4-13-9/h1-5H,6,12H2,(H,13,14). The van der Waals surface area contributed by atoms with Gasteiger partial charge in [0.15, 0.2) is 4.67 Å². The second-order valence-corrected chi connectivity index (χ2v) is 5.75. The number of nitrogens with one attached hydrogen (secondary N) is 1. The molecule has 0 aliphatic rings. The minimum atomic E-state index is -3.74. The first-order chi connectivity index (χ1) is 8.53. The highest BCUT2D eigenvalue weighted by atomic mass is 79.9. The molecule has 0 saturated carbocycles. The lowest BCUT2D eigenvalue weighted by Crippen LogP contribution is -2.13. The monoisotopic (exact) mass is 331 g/mol. The summed E-state index contributed by atoms with van der Waals surface area (Å²) in [5.41, 5.74) is 5.39. The normalized spacial score (nSPS) is 11.4. The van der Waals surface area contributed by atoms with Gasteiger partial charge in [0.25, 0.3) is 10.0 Å². The van der Waals surface area contributed by atoms with Crippen LogP contribution in [0, 0.1) is 0 Å². The molecule has 0 unspecified atom stereocenters. The van der Waals surface area contributed by atoms with E-state index < -0.39 is 10.0 Å². The van der Waals surface area contributed by atoms with E-state index in [1.54, 1.807) is 18.2 Å². The number of hydrogen-bond donors (Lipinski definition) is 2.